The van der Waals surface area contributed by atoms with Crippen molar-refractivity contribution in [1.29, 1.82) is 0 Å². The molecule has 8 N–H and O–H groups in total. The van der Waals surface area contributed by atoms with Gasteiger partial charge in [0.2, 0.25) is 0 Å². The summed E-state index contributed by atoms with van der Waals surface area (Å²) in [5, 5.41) is 2.28. The van der Waals surface area contributed by atoms with Crippen LogP contribution < -0.4 is 16.8 Å². The van der Waals surface area contributed by atoms with E-state index >= 15 is 0 Å². The zero-order valence-corrected chi connectivity index (χ0v) is 11.7. The van der Waals surface area contributed by atoms with Gasteiger partial charge in [-0.2, -0.15) is 0 Å². The number of Topliss-reactive ketones (excluding diaryl/α,β-unsaturated/α-hetero) is 1. The van der Waals surface area contributed by atoms with E-state index in [-0.39, 0.29) is 11.8 Å². The first-order chi connectivity index (χ1) is 8.07. The summed E-state index contributed by atoms with van der Waals surface area (Å²) < 4.78 is 0. The number of ketones is 1. The molecule has 0 amide bonds. The first-order valence-electron chi connectivity index (χ1n) is 7.06. The summed E-state index contributed by atoms with van der Waals surface area (Å²) in [6.45, 7) is 5.93. The molecule has 17 heavy (non-hydrogen) atoms. The Bertz CT molecular complexity index is 197. The van der Waals surface area contributed by atoms with E-state index in [1.165, 1.54) is 32.1 Å². The zero-order chi connectivity index (χ0) is 13.1. The Balaban J connectivity index is 3.32. The van der Waals surface area contributed by atoms with E-state index in [0.29, 0.717) is 6.04 Å². The summed E-state index contributed by atoms with van der Waals surface area (Å²) in [6, 6.07) is 0.520. The van der Waals surface area contributed by atoms with Crippen LogP contribution in [0.2, 0.25) is 0 Å². The van der Waals surface area contributed by atoms with E-state index in [1.54, 1.807) is 6.92 Å². The predicted molar refractivity (Wildman–Crippen MR) is 69.1 cm³/mol. The number of unbranched alkanes of at least 4 members (excludes halogenated alkanes) is 3. The molecule has 0 rings (SSSR count). The van der Waals surface area contributed by atoms with E-state index in [4.69, 9.17) is 0 Å². The average molecular weight is 246 g/mol. The topological polar surface area (TPSA) is 89.0 Å². The summed E-state index contributed by atoms with van der Waals surface area (Å²) in [5.74, 6) is 0.198. The molecule has 0 bridgehead atoms. The highest BCUT2D eigenvalue weighted by atomic mass is 16.1. The Labute approximate surface area is 106 Å². The minimum Gasteiger partial charge on any atom is -0.350 e. The second kappa shape index (κ2) is 10.7. The van der Waals surface area contributed by atoms with Crippen LogP contribution in [-0.4, -0.2) is 31.0 Å². The SMILES string of the molecule is CCCCCC[C@H]([NH3+])C[NH2+]CC[C@H]([NH3+])C(C)=O. The third-order valence-electron chi connectivity index (χ3n) is 3.26. The Hall–Kier alpha value is -0.450. The van der Waals surface area contributed by atoms with Gasteiger partial charge >= 0.3 is 0 Å². The van der Waals surface area contributed by atoms with Gasteiger partial charge in [0.1, 0.15) is 18.6 Å². The van der Waals surface area contributed by atoms with Crippen LogP contribution in [-0.2, 0) is 4.79 Å². The second-order valence-electron chi connectivity index (χ2n) is 5.12. The highest BCUT2D eigenvalue weighted by Crippen LogP contribution is 2.02. The standard InChI is InChI=1S/C13H29N3O/c1-3-4-5-6-7-12(14)10-16-9-8-13(15)11(2)17/h12-13,16H,3-10,14-15H2,1-2H3/p+3/t12-,13-/m0/s1. The highest BCUT2D eigenvalue weighted by Gasteiger charge is 2.13. The van der Waals surface area contributed by atoms with Crippen LogP contribution in [0.1, 0.15) is 52.4 Å². The van der Waals surface area contributed by atoms with Gasteiger partial charge in [-0.3, -0.25) is 4.79 Å². The first kappa shape index (κ1) is 16.6. The van der Waals surface area contributed by atoms with Crippen molar-refractivity contribution in [2.24, 2.45) is 0 Å². The van der Waals surface area contributed by atoms with Gasteiger partial charge in [-0.15, -0.1) is 0 Å². The lowest BCUT2D eigenvalue weighted by Gasteiger charge is -2.08. The molecule has 0 aromatic rings. The molecule has 102 valence electrons. The molecule has 0 aliphatic heterocycles. The van der Waals surface area contributed by atoms with Gasteiger partial charge in [0.05, 0.1) is 13.0 Å². The molecule has 4 nitrogen and oxygen atoms in total. The van der Waals surface area contributed by atoms with Crippen molar-refractivity contribution in [1.82, 2.24) is 0 Å². The average Bonchev–Trinajstić information content (AvgIpc) is 2.29. The number of carbonyl (C=O) groups excluding carboxylic acids is 1. The Morgan fingerprint density at radius 3 is 2.47 bits per heavy atom. The molecule has 0 aliphatic rings. The van der Waals surface area contributed by atoms with Crippen molar-refractivity contribution >= 4 is 5.78 Å². The van der Waals surface area contributed by atoms with Crippen LogP contribution >= 0.6 is 0 Å². The fraction of sp³-hybridized carbons (Fsp3) is 0.923. The Morgan fingerprint density at radius 2 is 1.88 bits per heavy atom. The maximum Gasteiger partial charge on any atom is 0.186 e. The van der Waals surface area contributed by atoms with Crippen LogP contribution in [0.3, 0.4) is 0 Å². The van der Waals surface area contributed by atoms with Gasteiger partial charge in [-0.1, -0.05) is 26.2 Å². The molecular weight excluding hydrogens is 214 g/mol. The van der Waals surface area contributed by atoms with Gasteiger partial charge in [0.25, 0.3) is 0 Å². The zero-order valence-electron chi connectivity index (χ0n) is 11.7. The molecule has 0 saturated carbocycles. The van der Waals surface area contributed by atoms with Gasteiger partial charge < -0.3 is 16.8 Å². The Kier molecular flexibility index (Phi) is 10.4. The third kappa shape index (κ3) is 10.4. The highest BCUT2D eigenvalue weighted by molar-refractivity contribution is 5.79. The van der Waals surface area contributed by atoms with E-state index in [2.05, 4.69) is 23.7 Å². The molecule has 2 atom stereocenters. The van der Waals surface area contributed by atoms with Crippen LogP contribution in [0.5, 0.6) is 0 Å². The minimum atomic E-state index is -0.0286. The molecule has 0 aromatic carbocycles. The number of quaternary nitrogens is 3. The maximum atomic E-state index is 11.0. The van der Waals surface area contributed by atoms with E-state index in [0.717, 1.165) is 19.5 Å². The quantitative estimate of drug-likeness (QED) is 0.390. The van der Waals surface area contributed by atoms with Crippen LogP contribution in [0.15, 0.2) is 0 Å². The number of rotatable bonds is 11. The van der Waals surface area contributed by atoms with Crippen molar-refractivity contribution in [3.8, 4) is 0 Å². The number of hydrogen-bond donors (Lipinski definition) is 3. The third-order valence-corrected chi connectivity index (χ3v) is 3.26. The Morgan fingerprint density at radius 1 is 1.18 bits per heavy atom. The largest absolute Gasteiger partial charge is 0.350 e. The predicted octanol–water partition coefficient (Wildman–Crippen LogP) is -1.28. The molecule has 0 saturated heterocycles. The first-order valence-corrected chi connectivity index (χ1v) is 7.06. The summed E-state index contributed by atoms with van der Waals surface area (Å²) in [4.78, 5) is 11.0. The lowest BCUT2D eigenvalue weighted by Crippen LogP contribution is -2.91. The van der Waals surface area contributed by atoms with Crippen LogP contribution in [0, 0.1) is 0 Å². The number of nitrogens with two attached hydrogens (primary N) is 1. The van der Waals surface area contributed by atoms with Crippen molar-refractivity contribution in [3.05, 3.63) is 0 Å². The van der Waals surface area contributed by atoms with Crippen molar-refractivity contribution in [2.45, 2.75) is 64.5 Å². The van der Waals surface area contributed by atoms with Crippen molar-refractivity contribution < 1.29 is 21.6 Å². The van der Waals surface area contributed by atoms with E-state index < -0.39 is 0 Å². The lowest BCUT2D eigenvalue weighted by atomic mass is 10.1. The molecule has 0 spiro atoms. The van der Waals surface area contributed by atoms with E-state index in [9.17, 15) is 4.79 Å². The molecule has 0 fully saturated rings. The van der Waals surface area contributed by atoms with Gasteiger partial charge in [0, 0.05) is 13.3 Å². The number of hydrogen-bond acceptors (Lipinski definition) is 1. The lowest BCUT2D eigenvalue weighted by molar-refractivity contribution is -0.683. The molecule has 4 heteroatoms. The molecule has 0 radical (unpaired) electrons. The molecule has 0 unspecified atom stereocenters. The van der Waals surface area contributed by atoms with Crippen LogP contribution in [0.25, 0.3) is 0 Å². The molecule has 0 heterocycles. The summed E-state index contributed by atoms with van der Waals surface area (Å²) in [6.07, 6.45) is 7.41. The maximum absolute atomic E-state index is 11.0. The van der Waals surface area contributed by atoms with Crippen molar-refractivity contribution in [2.75, 3.05) is 13.1 Å². The van der Waals surface area contributed by atoms with Gasteiger partial charge in [0.15, 0.2) is 5.78 Å². The monoisotopic (exact) mass is 246 g/mol. The summed E-state index contributed by atoms with van der Waals surface area (Å²) in [5.41, 5.74) is 8.01. The van der Waals surface area contributed by atoms with Gasteiger partial charge in [-0.05, 0) is 6.42 Å². The van der Waals surface area contributed by atoms with Crippen molar-refractivity contribution in [3.63, 3.8) is 0 Å². The minimum absolute atomic E-state index is 0.0286. The van der Waals surface area contributed by atoms with E-state index in [1.807, 2.05) is 0 Å². The molecule has 0 aliphatic carbocycles. The fourth-order valence-electron chi connectivity index (χ4n) is 1.85. The fourth-order valence-corrected chi connectivity index (χ4v) is 1.85. The number of carbonyl (C=O) groups is 1. The second-order valence-corrected chi connectivity index (χ2v) is 5.12. The summed E-state index contributed by atoms with van der Waals surface area (Å²) >= 11 is 0. The normalized spacial score (nSPS) is 14.6. The molecular formula is C13H32N3O+3. The smallest absolute Gasteiger partial charge is 0.186 e. The summed E-state index contributed by atoms with van der Waals surface area (Å²) in [7, 11) is 0. The van der Waals surface area contributed by atoms with Crippen LogP contribution in [0.4, 0.5) is 0 Å². The molecule has 0 aromatic heterocycles. The van der Waals surface area contributed by atoms with Gasteiger partial charge in [-0.25, -0.2) is 0 Å².